The Balaban J connectivity index is 3.12. The van der Waals surface area contributed by atoms with E-state index < -0.39 is 14.6 Å². The summed E-state index contributed by atoms with van der Waals surface area (Å²) in [5.74, 6) is 0. The number of sulfone groups is 1. The molecule has 1 rings (SSSR count). The molecule has 0 aliphatic carbocycles. The van der Waals surface area contributed by atoms with Crippen molar-refractivity contribution in [2.45, 2.75) is 43.3 Å². The van der Waals surface area contributed by atoms with Gasteiger partial charge in [-0.15, -0.1) is 0 Å². The fraction of sp³-hybridized carbons (Fsp3) is 0.538. The van der Waals surface area contributed by atoms with Gasteiger partial charge in [-0.25, -0.2) is 8.42 Å². The van der Waals surface area contributed by atoms with Crippen LogP contribution in [0.15, 0.2) is 29.2 Å². The summed E-state index contributed by atoms with van der Waals surface area (Å²) in [7, 11) is -3.31. The first-order valence-electron chi connectivity index (χ1n) is 5.89. The van der Waals surface area contributed by atoms with E-state index in [0.717, 1.165) is 12.0 Å². The predicted molar refractivity (Wildman–Crippen MR) is 70.8 cm³/mol. The van der Waals surface area contributed by atoms with Crippen LogP contribution in [0.2, 0.25) is 0 Å². The molecule has 3 nitrogen and oxygen atoms in total. The molecule has 0 saturated heterocycles. The van der Waals surface area contributed by atoms with E-state index >= 15 is 0 Å². The largest absolute Gasteiger partial charge is 0.330 e. The molecule has 1 aromatic rings. The van der Waals surface area contributed by atoms with E-state index in [4.69, 9.17) is 5.73 Å². The third-order valence-corrected chi connectivity index (χ3v) is 5.67. The van der Waals surface area contributed by atoms with Gasteiger partial charge in [0.15, 0.2) is 9.84 Å². The predicted octanol–water partition coefficient (Wildman–Crippen LogP) is 2.15. The van der Waals surface area contributed by atoms with E-state index in [9.17, 15) is 8.42 Å². The molecule has 4 heteroatoms. The molecule has 0 fully saturated rings. The highest BCUT2D eigenvalue weighted by atomic mass is 32.2. The van der Waals surface area contributed by atoms with Gasteiger partial charge in [-0.1, -0.05) is 19.1 Å². The molecule has 96 valence electrons. The molecular weight excluding hydrogens is 234 g/mol. The van der Waals surface area contributed by atoms with E-state index in [1.165, 1.54) is 0 Å². The Bertz CT molecular complexity index is 461. The van der Waals surface area contributed by atoms with Crippen LogP contribution in [0, 0.1) is 0 Å². The van der Waals surface area contributed by atoms with Crippen LogP contribution in [0.25, 0.3) is 0 Å². The molecule has 0 saturated carbocycles. The Morgan fingerprint density at radius 3 is 2.12 bits per heavy atom. The molecule has 0 aliphatic heterocycles. The Hall–Kier alpha value is -0.870. The van der Waals surface area contributed by atoms with Gasteiger partial charge in [0.1, 0.15) is 0 Å². The van der Waals surface area contributed by atoms with Crippen LogP contribution in [-0.4, -0.2) is 19.7 Å². The summed E-state index contributed by atoms with van der Waals surface area (Å²) in [6.07, 6.45) is 1.37. The highest BCUT2D eigenvalue weighted by Crippen LogP contribution is 2.28. The fourth-order valence-electron chi connectivity index (χ4n) is 1.71. The molecule has 0 unspecified atom stereocenters. The Labute approximate surface area is 104 Å². The molecule has 0 spiro atoms. The van der Waals surface area contributed by atoms with Crippen molar-refractivity contribution in [1.82, 2.24) is 0 Å². The second-order valence-electron chi connectivity index (χ2n) is 4.80. The van der Waals surface area contributed by atoms with Crippen LogP contribution < -0.4 is 5.73 Å². The van der Waals surface area contributed by atoms with Gasteiger partial charge in [-0.3, -0.25) is 0 Å². The number of hydrogen-bond donors (Lipinski definition) is 1. The van der Waals surface area contributed by atoms with Crippen molar-refractivity contribution < 1.29 is 8.42 Å². The zero-order valence-electron chi connectivity index (χ0n) is 10.7. The maximum absolute atomic E-state index is 12.4. The monoisotopic (exact) mass is 255 g/mol. The summed E-state index contributed by atoms with van der Waals surface area (Å²) >= 11 is 0. The van der Waals surface area contributed by atoms with Crippen molar-refractivity contribution in [1.29, 1.82) is 0 Å². The Morgan fingerprint density at radius 2 is 1.71 bits per heavy atom. The highest BCUT2D eigenvalue weighted by molar-refractivity contribution is 7.92. The molecule has 0 aromatic heterocycles. The molecule has 0 amide bonds. The van der Waals surface area contributed by atoms with Crippen LogP contribution in [0.4, 0.5) is 0 Å². The van der Waals surface area contributed by atoms with Gasteiger partial charge >= 0.3 is 0 Å². The van der Waals surface area contributed by atoms with Gasteiger partial charge < -0.3 is 5.73 Å². The maximum atomic E-state index is 12.4. The minimum Gasteiger partial charge on any atom is -0.330 e. The van der Waals surface area contributed by atoms with Crippen LogP contribution in [-0.2, 0) is 16.3 Å². The quantitative estimate of drug-likeness (QED) is 0.877. The van der Waals surface area contributed by atoms with Gasteiger partial charge in [-0.2, -0.15) is 0 Å². The second-order valence-corrected chi connectivity index (χ2v) is 7.38. The Kier molecular flexibility index (Phi) is 4.33. The smallest absolute Gasteiger partial charge is 0.183 e. The van der Waals surface area contributed by atoms with Crippen molar-refractivity contribution >= 4 is 9.84 Å². The molecule has 0 bridgehead atoms. The lowest BCUT2D eigenvalue weighted by atomic mass is 10.1. The Morgan fingerprint density at radius 1 is 1.18 bits per heavy atom. The number of benzene rings is 1. The number of aryl methyl sites for hydroxylation is 1. The SMILES string of the molecule is CCc1ccc(S(=O)(=O)C(C)(C)CCN)cc1. The first kappa shape index (κ1) is 14.2. The zero-order chi connectivity index (χ0) is 13.1. The minimum atomic E-state index is -3.31. The molecule has 0 atom stereocenters. The molecular formula is C13H21NO2S. The van der Waals surface area contributed by atoms with Crippen molar-refractivity contribution in [3.05, 3.63) is 29.8 Å². The molecule has 17 heavy (non-hydrogen) atoms. The van der Waals surface area contributed by atoms with E-state index in [0.29, 0.717) is 17.9 Å². The summed E-state index contributed by atoms with van der Waals surface area (Å²) in [5, 5.41) is 0. The number of nitrogens with two attached hydrogens (primary N) is 1. The lowest BCUT2D eigenvalue weighted by Crippen LogP contribution is -2.34. The van der Waals surface area contributed by atoms with Crippen molar-refractivity contribution in [2.75, 3.05) is 6.54 Å². The van der Waals surface area contributed by atoms with Crippen LogP contribution >= 0.6 is 0 Å². The van der Waals surface area contributed by atoms with Gasteiger partial charge in [0, 0.05) is 0 Å². The van der Waals surface area contributed by atoms with Crippen LogP contribution in [0.1, 0.15) is 32.8 Å². The molecule has 0 heterocycles. The topological polar surface area (TPSA) is 60.2 Å². The lowest BCUT2D eigenvalue weighted by molar-refractivity contribution is 0.530. The maximum Gasteiger partial charge on any atom is 0.183 e. The van der Waals surface area contributed by atoms with E-state index in [2.05, 4.69) is 0 Å². The molecule has 1 aromatic carbocycles. The summed E-state index contributed by atoms with van der Waals surface area (Å²) in [6, 6.07) is 7.11. The zero-order valence-corrected chi connectivity index (χ0v) is 11.5. The number of hydrogen-bond acceptors (Lipinski definition) is 3. The second kappa shape index (κ2) is 5.19. The minimum absolute atomic E-state index is 0.374. The fourth-order valence-corrected chi connectivity index (χ4v) is 3.22. The first-order valence-corrected chi connectivity index (χ1v) is 7.37. The van der Waals surface area contributed by atoms with Crippen LogP contribution in [0.5, 0.6) is 0 Å². The average molecular weight is 255 g/mol. The first-order chi connectivity index (χ1) is 7.85. The van der Waals surface area contributed by atoms with Crippen LogP contribution in [0.3, 0.4) is 0 Å². The van der Waals surface area contributed by atoms with Gasteiger partial charge in [-0.05, 0) is 50.9 Å². The molecule has 2 N–H and O–H groups in total. The summed E-state index contributed by atoms with van der Waals surface area (Å²) < 4.78 is 24.0. The third kappa shape index (κ3) is 2.87. The third-order valence-electron chi connectivity index (χ3n) is 3.12. The average Bonchev–Trinajstić information content (AvgIpc) is 2.29. The lowest BCUT2D eigenvalue weighted by Gasteiger charge is -2.24. The van der Waals surface area contributed by atoms with Gasteiger partial charge in [0.2, 0.25) is 0 Å². The number of rotatable bonds is 5. The van der Waals surface area contributed by atoms with E-state index in [1.807, 2.05) is 19.1 Å². The molecule has 0 aliphatic rings. The van der Waals surface area contributed by atoms with Gasteiger partial charge in [0.25, 0.3) is 0 Å². The summed E-state index contributed by atoms with van der Waals surface area (Å²) in [6.45, 7) is 5.87. The van der Waals surface area contributed by atoms with E-state index in [1.54, 1.807) is 26.0 Å². The normalized spacial score (nSPS) is 12.7. The van der Waals surface area contributed by atoms with E-state index in [-0.39, 0.29) is 0 Å². The molecule has 0 radical (unpaired) electrons. The van der Waals surface area contributed by atoms with Crippen molar-refractivity contribution in [3.8, 4) is 0 Å². The summed E-state index contributed by atoms with van der Waals surface area (Å²) in [5.41, 5.74) is 6.61. The van der Waals surface area contributed by atoms with Crippen molar-refractivity contribution in [2.24, 2.45) is 5.73 Å². The van der Waals surface area contributed by atoms with Gasteiger partial charge in [0.05, 0.1) is 9.64 Å². The standard InChI is InChI=1S/C13H21NO2S/c1-4-11-5-7-12(8-6-11)17(15,16)13(2,3)9-10-14/h5-8H,4,9-10,14H2,1-3H3. The highest BCUT2D eigenvalue weighted by Gasteiger charge is 2.34. The van der Waals surface area contributed by atoms with Crippen molar-refractivity contribution in [3.63, 3.8) is 0 Å². The summed E-state index contributed by atoms with van der Waals surface area (Å²) in [4.78, 5) is 0.383.